The lowest BCUT2D eigenvalue weighted by Gasteiger charge is -2.26. The second-order valence-corrected chi connectivity index (χ2v) is 7.78. The molecule has 32 heavy (non-hydrogen) atoms. The number of aliphatic hydroxyl groups is 1. The number of halogens is 2. The second-order valence-electron chi connectivity index (χ2n) is 6.93. The van der Waals surface area contributed by atoms with Gasteiger partial charge in [0.1, 0.15) is 17.3 Å². The fourth-order valence-corrected chi connectivity index (χ4v) is 3.96. The van der Waals surface area contributed by atoms with Crippen molar-refractivity contribution in [1.82, 2.24) is 4.98 Å². The zero-order valence-corrected chi connectivity index (χ0v) is 18.1. The maximum Gasteiger partial charge on any atom is 0.300 e. The number of hydrogen-bond donors (Lipinski definition) is 2. The normalized spacial score (nSPS) is 17.6. The number of rotatable bonds is 4. The number of benzene rings is 2. The van der Waals surface area contributed by atoms with Crippen molar-refractivity contribution >= 4 is 46.3 Å². The van der Waals surface area contributed by atoms with E-state index in [2.05, 4.69) is 4.98 Å². The van der Waals surface area contributed by atoms with Crippen LogP contribution in [0.25, 0.3) is 5.76 Å². The molecule has 0 spiro atoms. The number of aromatic nitrogens is 1. The fraction of sp³-hybridized carbons (Fsp3) is 0.0870. The average Bonchev–Trinajstić information content (AvgIpc) is 3.06. The van der Waals surface area contributed by atoms with Crippen molar-refractivity contribution in [3.05, 3.63) is 87.7 Å². The molecule has 1 aromatic heterocycles. The molecule has 9 heteroatoms. The number of amides is 1. The summed E-state index contributed by atoms with van der Waals surface area (Å²) < 4.78 is 5.19. The Bertz CT molecular complexity index is 1260. The van der Waals surface area contributed by atoms with E-state index < -0.39 is 23.5 Å². The molecule has 1 fully saturated rings. The first-order valence-electron chi connectivity index (χ1n) is 9.37. The predicted molar refractivity (Wildman–Crippen MR) is 120 cm³/mol. The lowest BCUT2D eigenvalue weighted by Crippen LogP contribution is -2.29. The van der Waals surface area contributed by atoms with E-state index in [0.29, 0.717) is 10.6 Å². The molecule has 2 N–H and O–H groups in total. The molecule has 1 aliphatic heterocycles. The number of carbonyl (C=O) groups is 2. The van der Waals surface area contributed by atoms with Crippen LogP contribution in [-0.2, 0) is 9.59 Å². The van der Waals surface area contributed by atoms with Crippen LogP contribution in [0.15, 0.2) is 66.5 Å². The van der Waals surface area contributed by atoms with Crippen LogP contribution < -0.4 is 9.64 Å². The van der Waals surface area contributed by atoms with E-state index in [1.54, 1.807) is 12.1 Å². The summed E-state index contributed by atoms with van der Waals surface area (Å²) in [5, 5.41) is 22.1. The standard InChI is InChI=1S/C23H16Cl2N2O5/c1-32-18-10-13(2-4-15(18)25)21(29)19-20(12-6-8-26-9-7-12)27(23(31)22(19)30)16-11-14(24)3-5-17(16)28/h2-11,20,28-29H,1H3/b21-19+. The number of phenolic OH excluding ortho intramolecular Hbond substituents is 1. The van der Waals surface area contributed by atoms with E-state index in [-0.39, 0.29) is 33.3 Å². The zero-order valence-electron chi connectivity index (χ0n) is 16.6. The van der Waals surface area contributed by atoms with Crippen molar-refractivity contribution in [2.75, 3.05) is 12.0 Å². The number of phenols is 1. The first kappa shape index (κ1) is 21.7. The lowest BCUT2D eigenvalue weighted by atomic mass is 9.95. The topological polar surface area (TPSA) is 100.0 Å². The number of ether oxygens (including phenoxy) is 1. The number of nitrogens with zero attached hydrogens (tertiary/aromatic N) is 2. The molecule has 7 nitrogen and oxygen atoms in total. The van der Waals surface area contributed by atoms with Gasteiger partial charge >= 0.3 is 0 Å². The summed E-state index contributed by atoms with van der Waals surface area (Å²) in [7, 11) is 1.42. The van der Waals surface area contributed by atoms with Gasteiger partial charge in [-0.1, -0.05) is 23.2 Å². The van der Waals surface area contributed by atoms with Gasteiger partial charge in [-0.3, -0.25) is 19.5 Å². The van der Waals surface area contributed by atoms with Crippen molar-refractivity contribution < 1.29 is 24.5 Å². The van der Waals surface area contributed by atoms with Gasteiger partial charge in [-0.15, -0.1) is 0 Å². The smallest absolute Gasteiger partial charge is 0.300 e. The van der Waals surface area contributed by atoms with Crippen LogP contribution >= 0.6 is 23.2 Å². The monoisotopic (exact) mass is 470 g/mol. The molecular weight excluding hydrogens is 455 g/mol. The highest BCUT2D eigenvalue weighted by Crippen LogP contribution is 2.45. The van der Waals surface area contributed by atoms with Crippen molar-refractivity contribution in [3.8, 4) is 11.5 Å². The number of pyridine rings is 1. The van der Waals surface area contributed by atoms with Crippen molar-refractivity contribution in [1.29, 1.82) is 0 Å². The minimum atomic E-state index is -1.04. The molecular formula is C23H16Cl2N2O5. The van der Waals surface area contributed by atoms with Gasteiger partial charge < -0.3 is 14.9 Å². The molecule has 2 heterocycles. The fourth-order valence-electron chi connectivity index (χ4n) is 3.59. The molecule has 0 saturated carbocycles. The van der Waals surface area contributed by atoms with Crippen molar-refractivity contribution in [2.24, 2.45) is 0 Å². The van der Waals surface area contributed by atoms with Crippen LogP contribution in [0, 0.1) is 0 Å². The van der Waals surface area contributed by atoms with Gasteiger partial charge in [0.05, 0.1) is 29.4 Å². The highest BCUT2D eigenvalue weighted by atomic mass is 35.5. The van der Waals surface area contributed by atoms with Crippen molar-refractivity contribution in [2.45, 2.75) is 6.04 Å². The Balaban J connectivity index is 1.97. The minimum Gasteiger partial charge on any atom is -0.507 e. The van der Waals surface area contributed by atoms with Crippen LogP contribution in [0.1, 0.15) is 17.2 Å². The van der Waals surface area contributed by atoms with Crippen LogP contribution in [0.4, 0.5) is 5.69 Å². The quantitative estimate of drug-likeness (QED) is 0.324. The molecule has 4 rings (SSSR count). The molecule has 0 radical (unpaired) electrons. The first-order valence-corrected chi connectivity index (χ1v) is 10.1. The van der Waals surface area contributed by atoms with Gasteiger partial charge in [0, 0.05) is 23.0 Å². The van der Waals surface area contributed by atoms with Crippen LogP contribution in [0.5, 0.6) is 11.5 Å². The minimum absolute atomic E-state index is 0.0362. The summed E-state index contributed by atoms with van der Waals surface area (Å²) in [6, 6.07) is 10.8. The summed E-state index contributed by atoms with van der Waals surface area (Å²) in [4.78, 5) is 31.3. The van der Waals surface area contributed by atoms with E-state index in [1.807, 2.05) is 0 Å². The third kappa shape index (κ3) is 3.66. The Labute approximate surface area is 193 Å². The Hall–Kier alpha value is -3.55. The van der Waals surface area contributed by atoms with E-state index in [9.17, 15) is 19.8 Å². The Morgan fingerprint density at radius 1 is 1.06 bits per heavy atom. The average molecular weight is 471 g/mol. The summed E-state index contributed by atoms with van der Waals surface area (Å²) in [6.45, 7) is 0. The van der Waals surface area contributed by atoms with Gasteiger partial charge in [-0.2, -0.15) is 0 Å². The van der Waals surface area contributed by atoms with Gasteiger partial charge in [-0.25, -0.2) is 0 Å². The number of hydrogen-bond acceptors (Lipinski definition) is 6. The third-order valence-corrected chi connectivity index (χ3v) is 5.64. The second kappa shape index (κ2) is 8.53. The molecule has 1 saturated heterocycles. The molecule has 0 aliphatic carbocycles. The molecule has 2 aromatic carbocycles. The van der Waals surface area contributed by atoms with Gasteiger partial charge in [-0.05, 0) is 54.1 Å². The molecule has 1 unspecified atom stereocenters. The number of methoxy groups -OCH3 is 1. The number of aliphatic hydroxyl groups excluding tert-OH is 1. The molecule has 162 valence electrons. The van der Waals surface area contributed by atoms with E-state index in [1.165, 1.54) is 55.9 Å². The number of aromatic hydroxyl groups is 1. The molecule has 0 bridgehead atoms. The molecule has 1 aliphatic rings. The summed E-state index contributed by atoms with van der Waals surface area (Å²) in [6.07, 6.45) is 3.00. The lowest BCUT2D eigenvalue weighted by molar-refractivity contribution is -0.132. The number of anilines is 1. The van der Waals surface area contributed by atoms with Gasteiger partial charge in [0.15, 0.2) is 0 Å². The van der Waals surface area contributed by atoms with E-state index in [0.717, 1.165) is 4.90 Å². The van der Waals surface area contributed by atoms with Crippen LogP contribution in [0.2, 0.25) is 10.0 Å². The number of Topliss-reactive ketones (excluding diaryl/α,β-unsaturated/α-hetero) is 1. The van der Waals surface area contributed by atoms with E-state index in [4.69, 9.17) is 27.9 Å². The first-order chi connectivity index (χ1) is 15.3. The highest BCUT2D eigenvalue weighted by molar-refractivity contribution is 6.52. The van der Waals surface area contributed by atoms with Crippen molar-refractivity contribution in [3.63, 3.8) is 0 Å². The maximum absolute atomic E-state index is 13.1. The number of ketones is 1. The Kier molecular flexibility index (Phi) is 5.78. The maximum atomic E-state index is 13.1. The third-order valence-electron chi connectivity index (χ3n) is 5.09. The molecule has 3 aromatic rings. The van der Waals surface area contributed by atoms with Gasteiger partial charge in [0.2, 0.25) is 0 Å². The zero-order chi connectivity index (χ0) is 23.0. The van der Waals surface area contributed by atoms with Crippen LogP contribution in [0.3, 0.4) is 0 Å². The largest absolute Gasteiger partial charge is 0.507 e. The predicted octanol–water partition coefficient (Wildman–Crippen LogP) is 4.73. The van der Waals surface area contributed by atoms with Gasteiger partial charge in [0.25, 0.3) is 11.7 Å². The highest BCUT2D eigenvalue weighted by Gasteiger charge is 2.47. The SMILES string of the molecule is COc1cc(/C(O)=C2\C(=O)C(=O)N(c3cc(Cl)ccc3O)C2c2ccncc2)ccc1Cl. The summed E-state index contributed by atoms with van der Waals surface area (Å²) >= 11 is 12.2. The Morgan fingerprint density at radius 3 is 2.47 bits per heavy atom. The summed E-state index contributed by atoms with van der Waals surface area (Å²) in [5.41, 5.74) is 0.610. The Morgan fingerprint density at radius 2 is 1.78 bits per heavy atom. The van der Waals surface area contributed by atoms with E-state index >= 15 is 0 Å². The molecule has 1 amide bonds. The summed E-state index contributed by atoms with van der Waals surface area (Å²) in [5.74, 6) is -2.21. The van der Waals surface area contributed by atoms with Crippen LogP contribution in [-0.4, -0.2) is 34.0 Å². The molecule has 1 atom stereocenters. The number of carbonyl (C=O) groups excluding carboxylic acids is 2.